The average molecular weight is 313 g/mol. The van der Waals surface area contributed by atoms with Gasteiger partial charge in [-0.1, -0.05) is 30.3 Å². The van der Waals surface area contributed by atoms with Gasteiger partial charge in [0.25, 0.3) is 0 Å². The number of carbonyl (C=O) groups is 2. The molecule has 0 saturated carbocycles. The molecular formula is C13H18N2O5P+. The number of carbonyl (C=O) groups excluding carboxylic acids is 2. The SMILES string of the molecule is C[C@H](NC(=O)OCc1ccccc1)C(=O)NCC[P+](=O)O. The van der Waals surface area contributed by atoms with Crippen molar-refractivity contribution < 1.29 is 23.8 Å². The molecule has 0 aliphatic heterocycles. The maximum atomic E-state index is 11.6. The highest BCUT2D eigenvalue weighted by molar-refractivity contribution is 7.38. The van der Waals surface area contributed by atoms with E-state index in [1.165, 1.54) is 6.92 Å². The minimum absolute atomic E-state index is 0.0216. The van der Waals surface area contributed by atoms with Crippen molar-refractivity contribution >= 4 is 20.0 Å². The van der Waals surface area contributed by atoms with Crippen LogP contribution in [0.5, 0.6) is 0 Å². The Kier molecular flexibility index (Phi) is 7.36. The smallest absolute Gasteiger partial charge is 0.445 e. The zero-order valence-corrected chi connectivity index (χ0v) is 12.5. The maximum Gasteiger partial charge on any atom is 0.507 e. The predicted octanol–water partition coefficient (Wildman–Crippen LogP) is 1.15. The van der Waals surface area contributed by atoms with Gasteiger partial charge in [0.05, 0.1) is 6.54 Å². The van der Waals surface area contributed by atoms with E-state index in [9.17, 15) is 14.2 Å². The molecule has 3 N–H and O–H groups in total. The Bertz CT molecular complexity index is 495. The molecule has 0 aliphatic carbocycles. The van der Waals surface area contributed by atoms with Gasteiger partial charge < -0.3 is 15.4 Å². The molecule has 0 aliphatic rings. The summed E-state index contributed by atoms with van der Waals surface area (Å²) in [7, 11) is -2.28. The molecule has 21 heavy (non-hydrogen) atoms. The molecule has 0 spiro atoms. The second kappa shape index (κ2) is 9.05. The molecule has 8 heteroatoms. The number of amides is 2. The summed E-state index contributed by atoms with van der Waals surface area (Å²) < 4.78 is 15.4. The summed E-state index contributed by atoms with van der Waals surface area (Å²) in [5, 5.41) is 4.82. The fourth-order valence-electron chi connectivity index (χ4n) is 1.43. The first kappa shape index (κ1) is 17.1. The number of ether oxygens (including phenoxy) is 1. The molecule has 2 amide bonds. The summed E-state index contributed by atoms with van der Waals surface area (Å²) in [6.45, 7) is 1.69. The molecule has 1 aromatic rings. The summed E-state index contributed by atoms with van der Waals surface area (Å²) in [6.07, 6.45) is -0.721. The summed E-state index contributed by atoms with van der Waals surface area (Å²) in [5.41, 5.74) is 0.844. The van der Waals surface area contributed by atoms with Crippen molar-refractivity contribution in [1.82, 2.24) is 10.6 Å². The minimum atomic E-state index is -2.28. The molecule has 0 heterocycles. The van der Waals surface area contributed by atoms with Crippen molar-refractivity contribution in [1.29, 1.82) is 0 Å². The van der Waals surface area contributed by atoms with Crippen molar-refractivity contribution in [3.05, 3.63) is 35.9 Å². The first-order valence-corrected chi connectivity index (χ1v) is 7.77. The van der Waals surface area contributed by atoms with E-state index in [4.69, 9.17) is 9.63 Å². The van der Waals surface area contributed by atoms with Crippen LogP contribution in [0.4, 0.5) is 4.79 Å². The Balaban J connectivity index is 2.26. The standard InChI is InChI=1S/C13H17N2O5P/c1-10(12(16)14-7-8-21(18)19)15-13(17)20-9-11-5-3-2-4-6-11/h2-6,10H,7-9H2,1H3,(H2-,14,15,16,17,18,19)/p+1/t10-/m0/s1. The van der Waals surface area contributed by atoms with E-state index in [-0.39, 0.29) is 19.3 Å². The van der Waals surface area contributed by atoms with Gasteiger partial charge in [-0.25, -0.2) is 4.79 Å². The van der Waals surface area contributed by atoms with Crippen molar-refractivity contribution in [2.24, 2.45) is 0 Å². The van der Waals surface area contributed by atoms with E-state index in [0.717, 1.165) is 5.56 Å². The van der Waals surface area contributed by atoms with Crippen molar-refractivity contribution in [2.75, 3.05) is 12.7 Å². The zero-order valence-electron chi connectivity index (χ0n) is 11.6. The second-order valence-corrected chi connectivity index (χ2v) is 5.45. The van der Waals surface area contributed by atoms with Gasteiger partial charge in [-0.3, -0.25) is 4.79 Å². The number of nitrogens with one attached hydrogen (secondary N) is 2. The zero-order chi connectivity index (χ0) is 15.7. The molecule has 0 saturated heterocycles. The van der Waals surface area contributed by atoms with E-state index >= 15 is 0 Å². The minimum Gasteiger partial charge on any atom is -0.445 e. The molecule has 0 aromatic heterocycles. The van der Waals surface area contributed by atoms with E-state index < -0.39 is 26.1 Å². The van der Waals surface area contributed by atoms with Gasteiger partial charge in [-0.2, -0.15) is 4.89 Å². The molecule has 0 fully saturated rings. The fourth-order valence-corrected chi connectivity index (χ4v) is 1.74. The lowest BCUT2D eigenvalue weighted by Crippen LogP contribution is -2.45. The molecule has 2 atom stereocenters. The highest BCUT2D eigenvalue weighted by atomic mass is 31.1. The van der Waals surface area contributed by atoms with Crippen LogP contribution < -0.4 is 10.6 Å². The van der Waals surface area contributed by atoms with Crippen LogP contribution >= 0.6 is 8.03 Å². The molecular weight excluding hydrogens is 295 g/mol. The van der Waals surface area contributed by atoms with Gasteiger partial charge in [-0.05, 0) is 17.1 Å². The third-order valence-corrected chi connectivity index (χ3v) is 3.15. The summed E-state index contributed by atoms with van der Waals surface area (Å²) in [4.78, 5) is 31.7. The van der Waals surface area contributed by atoms with Gasteiger partial charge in [-0.15, -0.1) is 0 Å². The number of alkyl carbamates (subject to hydrolysis) is 1. The highest BCUT2D eigenvalue weighted by Crippen LogP contribution is 2.09. The van der Waals surface area contributed by atoms with Crippen LogP contribution in [0.15, 0.2) is 30.3 Å². The lowest BCUT2D eigenvalue weighted by molar-refractivity contribution is -0.122. The van der Waals surface area contributed by atoms with Gasteiger partial charge >= 0.3 is 14.1 Å². The van der Waals surface area contributed by atoms with Crippen molar-refractivity contribution in [2.45, 2.75) is 19.6 Å². The Morgan fingerprint density at radius 2 is 2.00 bits per heavy atom. The van der Waals surface area contributed by atoms with Gasteiger partial charge in [0.2, 0.25) is 5.91 Å². The fraction of sp³-hybridized carbons (Fsp3) is 0.385. The first-order valence-electron chi connectivity index (χ1n) is 6.37. The van der Waals surface area contributed by atoms with Crippen LogP contribution in [0.25, 0.3) is 0 Å². The topological polar surface area (TPSA) is 105 Å². The monoisotopic (exact) mass is 313 g/mol. The largest absolute Gasteiger partial charge is 0.507 e. The molecule has 1 rings (SSSR count). The highest BCUT2D eigenvalue weighted by Gasteiger charge is 2.17. The molecule has 1 aromatic carbocycles. The van der Waals surface area contributed by atoms with Gasteiger partial charge in [0.15, 0.2) is 6.16 Å². The van der Waals surface area contributed by atoms with Crippen molar-refractivity contribution in [3.63, 3.8) is 0 Å². The summed E-state index contributed by atoms with van der Waals surface area (Å²) in [6, 6.07) is 8.37. The summed E-state index contributed by atoms with van der Waals surface area (Å²) in [5.74, 6) is -0.441. The van der Waals surface area contributed by atoms with Crippen LogP contribution in [-0.4, -0.2) is 35.6 Å². The lowest BCUT2D eigenvalue weighted by atomic mass is 10.2. The Morgan fingerprint density at radius 3 is 2.62 bits per heavy atom. The lowest BCUT2D eigenvalue weighted by Gasteiger charge is -2.13. The Labute approximate surface area is 123 Å². The predicted molar refractivity (Wildman–Crippen MR) is 76.9 cm³/mol. The van der Waals surface area contributed by atoms with Crippen LogP contribution in [0.1, 0.15) is 12.5 Å². The molecule has 1 unspecified atom stereocenters. The van der Waals surface area contributed by atoms with Crippen LogP contribution in [0, 0.1) is 0 Å². The number of benzene rings is 1. The maximum absolute atomic E-state index is 11.6. The average Bonchev–Trinajstić information content (AvgIpc) is 2.45. The van der Waals surface area contributed by atoms with E-state index in [2.05, 4.69) is 10.6 Å². The third kappa shape index (κ3) is 7.39. The molecule has 7 nitrogen and oxygen atoms in total. The van der Waals surface area contributed by atoms with Crippen LogP contribution in [0.2, 0.25) is 0 Å². The van der Waals surface area contributed by atoms with Crippen LogP contribution in [0.3, 0.4) is 0 Å². The Morgan fingerprint density at radius 1 is 1.33 bits per heavy atom. The van der Waals surface area contributed by atoms with E-state index in [1.807, 2.05) is 30.3 Å². The Hall–Kier alpha value is -1.98. The quantitative estimate of drug-likeness (QED) is 0.655. The van der Waals surface area contributed by atoms with Crippen LogP contribution in [-0.2, 0) is 20.7 Å². The van der Waals surface area contributed by atoms with Gasteiger partial charge in [0, 0.05) is 0 Å². The molecule has 0 radical (unpaired) electrons. The second-order valence-electron chi connectivity index (χ2n) is 4.29. The van der Waals surface area contributed by atoms with Gasteiger partial charge in [0.1, 0.15) is 12.6 Å². The molecule has 114 valence electrons. The normalized spacial score (nSPS) is 12.2. The van der Waals surface area contributed by atoms with E-state index in [1.54, 1.807) is 0 Å². The first-order chi connectivity index (χ1) is 9.99. The number of hydrogen-bond donors (Lipinski definition) is 3. The number of hydrogen-bond acceptors (Lipinski definition) is 4. The third-order valence-electron chi connectivity index (χ3n) is 2.54. The number of rotatable bonds is 7. The molecule has 0 bridgehead atoms. The van der Waals surface area contributed by atoms with Crippen molar-refractivity contribution in [3.8, 4) is 0 Å². The van der Waals surface area contributed by atoms with E-state index in [0.29, 0.717) is 0 Å². The summed E-state index contributed by atoms with van der Waals surface area (Å²) >= 11 is 0.